The Morgan fingerprint density at radius 1 is 0.380 bits per heavy atom. The predicted octanol–water partition coefficient (Wildman–Crippen LogP) is 19.2. The number of hydrogen-bond acceptors (Lipinski definition) is 37. The zero-order valence-corrected chi connectivity index (χ0v) is 75.9. The van der Waals surface area contributed by atoms with Crippen molar-refractivity contribution in [1.29, 1.82) is 0 Å². The van der Waals surface area contributed by atoms with Crippen molar-refractivity contribution in [3.8, 4) is 5.88 Å². The number of thiophene rings is 2. The number of benzene rings is 1. The number of anilines is 7. The molecule has 0 bridgehead atoms. The normalized spacial score (nSPS) is 11.1. The molecular formula is C85H66N24O11S9. The largest absolute Gasteiger partial charge is 0.481 e. The first-order chi connectivity index (χ1) is 62.5. The second-order valence-electron chi connectivity index (χ2n) is 26.9. The molecule has 129 heavy (non-hydrogen) atoms. The van der Waals surface area contributed by atoms with Crippen LogP contribution in [-0.4, -0.2) is 141 Å². The van der Waals surface area contributed by atoms with E-state index in [9.17, 15) is 33.6 Å². The molecule has 35 nitrogen and oxygen atoms in total. The fourth-order valence-corrected chi connectivity index (χ4v) is 18.8. The van der Waals surface area contributed by atoms with Crippen LogP contribution in [0, 0.1) is 48.5 Å². The van der Waals surface area contributed by atoms with Gasteiger partial charge in [-0.05, 0) is 138 Å². The number of nitrogens with zero attached hydrogens (tertiary/aromatic N) is 17. The van der Waals surface area contributed by atoms with Gasteiger partial charge in [0, 0.05) is 57.2 Å². The number of nitrogens with one attached hydrogen (secondary N) is 7. The van der Waals surface area contributed by atoms with Crippen LogP contribution in [-0.2, 0) is 4.79 Å². The van der Waals surface area contributed by atoms with E-state index in [4.69, 9.17) is 18.1 Å². The number of aliphatic imine (C=N–C) groups is 1. The Morgan fingerprint density at radius 3 is 1.18 bits per heavy atom. The molecule has 0 spiro atoms. The highest BCUT2D eigenvalue weighted by molar-refractivity contribution is 7.24. The molecule has 0 aliphatic carbocycles. The van der Waals surface area contributed by atoms with Gasteiger partial charge in [-0.3, -0.25) is 106 Å². The van der Waals surface area contributed by atoms with Crippen molar-refractivity contribution in [2.45, 2.75) is 48.5 Å². The van der Waals surface area contributed by atoms with Gasteiger partial charge in [-0.1, -0.05) is 115 Å². The highest BCUT2D eigenvalue weighted by Gasteiger charge is 2.21. The standard InChI is InChI=1S/C14H11N3O2S.C12H10N4O2S.C12H10N4OS.C12H9N3O2S.2C12H9N3OS2.C11H8N4O2S/c1-19-12-7-11-10(8-15-12)16-14(20-11)17-13(18)9-5-3-2-4-6-9;1-6-3-10-9(5-13-6)14-12(19-10)15-11(17)8-4-7(2)18-16-8;1-7-5-10-9(6-14-7)15-12(18-10)16-11(17)8-3-2-4-13-8;1-7-5-10-8(6-13-7)14-12(18-10)15-11(16)9-3-2-4-17-9;1-7-4-10-9(5-13-7)14-12(18-10)15-11(16)8-2-3-17-6-8;1-7-5-10-8(6-13-7)14-12(18-10)15-11(16)9-3-2-4-17-9;1-6-4-8-7(5-13-6)14-11(18-8)15-9(16)10-12-2-3-17-10/h2-8H,1H3,(H,16,17,18);3-5H,1-2H3,(H,14,15,17);2-3,5-6H,4H2,1H3,(H,15,16,17);3*2-6H,1H3,(H,14,15,16);2-5H,1H3,(H,14,15,16). The maximum Gasteiger partial charge on any atom is 0.313 e. The summed E-state index contributed by atoms with van der Waals surface area (Å²) in [7, 11) is 1.56. The second-order valence-corrected chi connectivity index (χ2v) is 35.8. The molecule has 21 rings (SSSR count). The number of oxazole rings is 1. The van der Waals surface area contributed by atoms with Crippen molar-refractivity contribution in [1.82, 2.24) is 79.9 Å². The summed E-state index contributed by atoms with van der Waals surface area (Å²) in [5.74, 6) is -0.276. The van der Waals surface area contributed by atoms with Crippen molar-refractivity contribution in [3.05, 3.63) is 273 Å². The number of ether oxygens (including phenoxy) is 1. The minimum absolute atomic E-state index is 0.0172. The number of fused-ring (bicyclic) bond motifs is 7. The fourth-order valence-electron chi connectivity index (χ4n) is 11.1. The van der Waals surface area contributed by atoms with Gasteiger partial charge >= 0.3 is 5.91 Å². The molecule has 19 aromatic heterocycles. The molecule has 0 saturated heterocycles. The Morgan fingerprint density at radius 2 is 0.798 bits per heavy atom. The molecule has 7 N–H and O–H groups in total. The monoisotopic (exact) mass is 1890 g/mol. The van der Waals surface area contributed by atoms with Crippen LogP contribution in [0.1, 0.15) is 102 Å². The molecule has 0 saturated carbocycles. The second kappa shape index (κ2) is 41.5. The van der Waals surface area contributed by atoms with Crippen LogP contribution in [0.25, 0.3) is 71.5 Å². The minimum atomic E-state index is -0.413. The molecule has 0 fully saturated rings. The molecule has 20 aromatic rings. The van der Waals surface area contributed by atoms with Crippen molar-refractivity contribution < 1.29 is 51.7 Å². The van der Waals surface area contributed by atoms with Gasteiger partial charge in [0.2, 0.25) is 5.88 Å². The number of aromatic nitrogens is 16. The molecule has 0 atom stereocenters. The van der Waals surface area contributed by atoms with E-state index >= 15 is 0 Å². The number of furan rings is 1. The Labute approximate surface area is 765 Å². The molecular weight excluding hydrogens is 1820 g/mol. The maximum atomic E-state index is 12.0. The molecule has 1 aliphatic rings. The van der Waals surface area contributed by atoms with Crippen LogP contribution in [0.2, 0.25) is 0 Å². The summed E-state index contributed by atoms with van der Waals surface area (Å²) in [4.78, 5) is 151. The van der Waals surface area contributed by atoms with Gasteiger partial charge < -0.3 is 18.1 Å². The van der Waals surface area contributed by atoms with Crippen LogP contribution in [0.4, 0.5) is 35.9 Å². The summed E-state index contributed by atoms with van der Waals surface area (Å²) in [5.41, 5.74) is 13.0. The molecule has 0 unspecified atom stereocenters. The Kier molecular flexibility index (Phi) is 28.6. The zero-order chi connectivity index (χ0) is 90.0. The first-order valence-corrected chi connectivity index (χ1v) is 45.6. The van der Waals surface area contributed by atoms with Gasteiger partial charge in [0.1, 0.15) is 56.4 Å². The molecule has 0 radical (unpaired) electrons. The lowest BCUT2D eigenvalue weighted by molar-refractivity contribution is -0.110. The lowest BCUT2D eigenvalue weighted by Crippen LogP contribution is -2.19. The van der Waals surface area contributed by atoms with Crippen LogP contribution in [0.15, 0.2) is 218 Å². The van der Waals surface area contributed by atoms with Gasteiger partial charge in [-0.25, -0.2) is 44.9 Å². The lowest BCUT2D eigenvalue weighted by Gasteiger charge is -2.00. The first-order valence-electron chi connectivity index (χ1n) is 38.1. The van der Waals surface area contributed by atoms with Gasteiger partial charge in [0.25, 0.3) is 41.3 Å². The number of carbonyl (C=O) groups is 7. The number of thiazole rings is 7. The topological polar surface area (TPSA) is 471 Å². The highest BCUT2D eigenvalue weighted by Crippen LogP contribution is 2.34. The molecule has 20 heterocycles. The molecule has 646 valence electrons. The molecule has 1 aromatic carbocycles. The number of rotatable bonds is 15. The van der Waals surface area contributed by atoms with Crippen LogP contribution >= 0.6 is 102 Å². The summed E-state index contributed by atoms with van der Waals surface area (Å²) < 4.78 is 26.8. The van der Waals surface area contributed by atoms with Gasteiger partial charge in [-0.2, -0.15) is 11.3 Å². The van der Waals surface area contributed by atoms with E-state index in [0.29, 0.717) is 75.8 Å². The van der Waals surface area contributed by atoms with Crippen molar-refractivity contribution >= 4 is 257 Å². The van der Waals surface area contributed by atoms with Gasteiger partial charge in [-0.15, -0.1) is 11.3 Å². The third-order valence-electron chi connectivity index (χ3n) is 17.1. The van der Waals surface area contributed by atoms with E-state index in [1.54, 1.807) is 112 Å². The smallest absolute Gasteiger partial charge is 0.313 e. The average Bonchev–Trinajstić information content (AvgIpc) is 1.73. The maximum absolute atomic E-state index is 12.0. The number of pyridine rings is 7. The fraction of sp³-hybridized carbons (Fsp3) is 0.106. The predicted molar refractivity (Wildman–Crippen MR) is 506 cm³/mol. The average molecular weight is 1890 g/mol. The van der Waals surface area contributed by atoms with Crippen LogP contribution in [0.3, 0.4) is 0 Å². The number of aryl methyl sites for hydroxylation is 7. The minimum Gasteiger partial charge on any atom is -0.481 e. The lowest BCUT2D eigenvalue weighted by atomic mass is 10.2. The third kappa shape index (κ3) is 23.8. The number of amides is 7. The summed E-state index contributed by atoms with van der Waals surface area (Å²) in [6.45, 7) is 13.8. The summed E-state index contributed by atoms with van der Waals surface area (Å²) >= 11 is 12.8. The van der Waals surface area contributed by atoms with E-state index in [1.807, 2.05) is 124 Å². The van der Waals surface area contributed by atoms with Gasteiger partial charge in [0.05, 0.1) is 113 Å². The number of carbonyl (C=O) groups excluding carboxylic acids is 7. The molecule has 1 aliphatic heterocycles. The Bertz CT molecular complexity index is 6990. The van der Waals surface area contributed by atoms with E-state index < -0.39 is 5.91 Å². The number of methoxy groups -OCH3 is 1. The van der Waals surface area contributed by atoms with E-state index in [0.717, 1.165) is 106 Å². The van der Waals surface area contributed by atoms with E-state index in [1.165, 1.54) is 121 Å². The summed E-state index contributed by atoms with van der Waals surface area (Å²) in [6, 6.07) is 32.8. The van der Waals surface area contributed by atoms with Crippen LogP contribution < -0.4 is 42.0 Å². The highest BCUT2D eigenvalue weighted by atomic mass is 32.1. The summed E-state index contributed by atoms with van der Waals surface area (Å²) in [5, 5.41) is 32.3. The number of hydrogen-bond donors (Lipinski definition) is 7. The van der Waals surface area contributed by atoms with E-state index in [-0.39, 0.29) is 52.8 Å². The Balaban J connectivity index is 0.000000116. The van der Waals surface area contributed by atoms with Crippen molar-refractivity contribution in [2.75, 3.05) is 50.9 Å². The third-order valence-corrected chi connectivity index (χ3v) is 25.2. The van der Waals surface area contributed by atoms with Crippen molar-refractivity contribution in [3.63, 3.8) is 0 Å². The molecule has 7 amide bonds. The quantitative estimate of drug-likeness (QED) is 0.0501. The Hall–Kier alpha value is -14.9. The van der Waals surface area contributed by atoms with E-state index in [2.05, 4.69) is 122 Å². The van der Waals surface area contributed by atoms with Crippen LogP contribution in [0.5, 0.6) is 5.88 Å². The first kappa shape index (κ1) is 88.9. The van der Waals surface area contributed by atoms with Gasteiger partial charge in [0.15, 0.2) is 47.4 Å². The van der Waals surface area contributed by atoms with Crippen molar-refractivity contribution in [2.24, 2.45) is 4.99 Å². The zero-order valence-electron chi connectivity index (χ0n) is 68.5. The molecule has 44 heteroatoms. The SMILES string of the molecule is COc1cc2sc(NC(=O)c3ccccc3)nc2cn1.Cc1cc2sc(NC(=O)C3=NCC=C3)nc2cn1.Cc1cc2sc(NC(=O)c3cc(C)on3)nc2cn1.Cc1cc2sc(NC(=O)c3ccco3)nc2cn1.Cc1cc2sc(NC(=O)c3cccs3)nc2cn1.Cc1cc2sc(NC(=O)c3ccsc3)nc2cn1.Cc1cc2sc(NC(=O)c3ncco3)nc2cn1. The summed E-state index contributed by atoms with van der Waals surface area (Å²) in [6.07, 6.45) is 19.6.